The Morgan fingerprint density at radius 3 is 2.50 bits per heavy atom. The number of hydrogen-bond acceptors (Lipinski definition) is 6. The van der Waals surface area contributed by atoms with Crippen LogP contribution in [0.25, 0.3) is 11.3 Å². The van der Waals surface area contributed by atoms with Crippen LogP contribution in [0.3, 0.4) is 0 Å². The highest BCUT2D eigenvalue weighted by atomic mass is 19.1. The number of benzene rings is 2. The van der Waals surface area contributed by atoms with Crippen molar-refractivity contribution in [3.8, 4) is 22.9 Å². The van der Waals surface area contributed by atoms with E-state index in [1.54, 1.807) is 49.6 Å². The van der Waals surface area contributed by atoms with Crippen LogP contribution in [0.4, 0.5) is 16.0 Å². The fourth-order valence-corrected chi connectivity index (χ4v) is 3.32. The van der Waals surface area contributed by atoms with E-state index in [-0.39, 0.29) is 17.2 Å². The van der Waals surface area contributed by atoms with E-state index in [1.807, 2.05) is 12.1 Å². The molecule has 0 radical (unpaired) electrons. The SMILES string of the molecule is CNc1nccc(-c2cccnc2Oc2cccc(C(=O)Nc3ccc(C(C)C)cc3)c2F)n1. The van der Waals surface area contributed by atoms with Crippen molar-refractivity contribution in [2.24, 2.45) is 0 Å². The molecule has 2 aromatic carbocycles. The van der Waals surface area contributed by atoms with Crippen LogP contribution in [-0.4, -0.2) is 27.9 Å². The van der Waals surface area contributed by atoms with Crippen LogP contribution in [-0.2, 0) is 0 Å². The van der Waals surface area contributed by atoms with Gasteiger partial charge in [0.25, 0.3) is 5.91 Å². The average molecular weight is 458 g/mol. The minimum atomic E-state index is -0.783. The Morgan fingerprint density at radius 2 is 1.76 bits per heavy atom. The number of hydrogen-bond donors (Lipinski definition) is 2. The second kappa shape index (κ2) is 10.1. The maximum atomic E-state index is 15.3. The fraction of sp³-hybridized carbons (Fsp3) is 0.154. The molecule has 4 rings (SSSR count). The Labute approximate surface area is 197 Å². The van der Waals surface area contributed by atoms with Gasteiger partial charge in [-0.2, -0.15) is 0 Å². The van der Waals surface area contributed by atoms with Crippen LogP contribution in [0, 0.1) is 5.82 Å². The number of anilines is 2. The monoisotopic (exact) mass is 457 g/mol. The molecule has 1 amide bonds. The first-order valence-electron chi connectivity index (χ1n) is 10.8. The number of carbonyl (C=O) groups excluding carboxylic acids is 1. The van der Waals surface area contributed by atoms with E-state index < -0.39 is 11.7 Å². The van der Waals surface area contributed by atoms with Gasteiger partial charge in [0.15, 0.2) is 11.6 Å². The van der Waals surface area contributed by atoms with Gasteiger partial charge in [0.1, 0.15) is 0 Å². The quantitative estimate of drug-likeness (QED) is 0.360. The second-order valence-corrected chi connectivity index (χ2v) is 7.82. The summed E-state index contributed by atoms with van der Waals surface area (Å²) in [6.45, 7) is 4.18. The lowest BCUT2D eigenvalue weighted by atomic mass is 10.0. The summed E-state index contributed by atoms with van der Waals surface area (Å²) in [7, 11) is 1.71. The Morgan fingerprint density at radius 1 is 0.971 bits per heavy atom. The number of amides is 1. The van der Waals surface area contributed by atoms with Gasteiger partial charge < -0.3 is 15.4 Å². The largest absolute Gasteiger partial charge is 0.435 e. The van der Waals surface area contributed by atoms with E-state index in [2.05, 4.69) is 39.4 Å². The lowest BCUT2D eigenvalue weighted by Gasteiger charge is -2.13. The van der Waals surface area contributed by atoms with Gasteiger partial charge in [0.05, 0.1) is 16.8 Å². The first-order chi connectivity index (χ1) is 16.5. The summed E-state index contributed by atoms with van der Waals surface area (Å²) < 4.78 is 21.1. The topological polar surface area (TPSA) is 89.0 Å². The summed E-state index contributed by atoms with van der Waals surface area (Å²) in [6.07, 6.45) is 3.14. The highest BCUT2D eigenvalue weighted by molar-refractivity contribution is 6.04. The molecule has 34 heavy (non-hydrogen) atoms. The molecule has 0 unspecified atom stereocenters. The van der Waals surface area contributed by atoms with Crippen molar-refractivity contribution < 1.29 is 13.9 Å². The van der Waals surface area contributed by atoms with Crippen molar-refractivity contribution in [2.75, 3.05) is 17.7 Å². The minimum absolute atomic E-state index is 0.120. The van der Waals surface area contributed by atoms with Gasteiger partial charge in [-0.1, -0.05) is 32.0 Å². The van der Waals surface area contributed by atoms with Gasteiger partial charge in [0.2, 0.25) is 11.8 Å². The molecular formula is C26H24FN5O2. The van der Waals surface area contributed by atoms with Crippen molar-refractivity contribution in [1.29, 1.82) is 0 Å². The average Bonchev–Trinajstić information content (AvgIpc) is 2.86. The van der Waals surface area contributed by atoms with Crippen LogP contribution in [0.1, 0.15) is 35.7 Å². The molecule has 0 aliphatic carbocycles. The summed E-state index contributed by atoms with van der Waals surface area (Å²) in [5.41, 5.74) is 2.71. The molecule has 0 aliphatic heterocycles. The van der Waals surface area contributed by atoms with Crippen LogP contribution < -0.4 is 15.4 Å². The summed E-state index contributed by atoms with van der Waals surface area (Å²) in [5, 5.41) is 5.61. The third-order valence-corrected chi connectivity index (χ3v) is 5.18. The lowest BCUT2D eigenvalue weighted by Crippen LogP contribution is -2.14. The first kappa shape index (κ1) is 22.8. The van der Waals surface area contributed by atoms with Gasteiger partial charge in [-0.3, -0.25) is 4.79 Å². The molecule has 2 aromatic heterocycles. The maximum Gasteiger partial charge on any atom is 0.258 e. The molecule has 0 saturated heterocycles. The molecule has 0 fully saturated rings. The number of ether oxygens (including phenoxy) is 1. The number of nitrogens with zero attached hydrogens (tertiary/aromatic N) is 3. The van der Waals surface area contributed by atoms with E-state index in [9.17, 15) is 4.79 Å². The Bertz CT molecular complexity index is 1310. The maximum absolute atomic E-state index is 15.3. The van der Waals surface area contributed by atoms with E-state index in [0.717, 1.165) is 5.56 Å². The van der Waals surface area contributed by atoms with E-state index in [4.69, 9.17) is 4.74 Å². The van der Waals surface area contributed by atoms with Crippen LogP contribution in [0.2, 0.25) is 0 Å². The van der Waals surface area contributed by atoms with Gasteiger partial charge in [-0.25, -0.2) is 19.3 Å². The fourth-order valence-electron chi connectivity index (χ4n) is 3.32. The summed E-state index contributed by atoms with van der Waals surface area (Å²) in [6, 6.07) is 17.1. The molecule has 0 spiro atoms. The zero-order valence-electron chi connectivity index (χ0n) is 19.0. The van der Waals surface area contributed by atoms with E-state index >= 15 is 4.39 Å². The van der Waals surface area contributed by atoms with Crippen molar-refractivity contribution in [3.05, 3.63) is 90.0 Å². The number of carbonyl (C=O) groups is 1. The van der Waals surface area contributed by atoms with Crippen LogP contribution in [0.15, 0.2) is 73.1 Å². The predicted octanol–water partition coefficient (Wildman–Crippen LogP) is 5.89. The lowest BCUT2D eigenvalue weighted by molar-refractivity contribution is 0.102. The first-order valence-corrected chi connectivity index (χ1v) is 10.8. The summed E-state index contributed by atoms with van der Waals surface area (Å²) in [5.74, 6) is -0.516. The Kier molecular flexibility index (Phi) is 6.77. The number of pyridine rings is 1. The van der Waals surface area contributed by atoms with Gasteiger partial charge in [-0.15, -0.1) is 0 Å². The molecule has 0 aliphatic rings. The van der Waals surface area contributed by atoms with E-state index in [0.29, 0.717) is 28.8 Å². The van der Waals surface area contributed by atoms with Crippen molar-refractivity contribution in [1.82, 2.24) is 15.0 Å². The van der Waals surface area contributed by atoms with Gasteiger partial charge >= 0.3 is 0 Å². The number of nitrogens with one attached hydrogen (secondary N) is 2. The third kappa shape index (κ3) is 5.01. The smallest absolute Gasteiger partial charge is 0.258 e. The number of aromatic nitrogens is 3. The normalized spacial score (nSPS) is 10.7. The highest BCUT2D eigenvalue weighted by Gasteiger charge is 2.19. The van der Waals surface area contributed by atoms with E-state index in [1.165, 1.54) is 18.3 Å². The molecule has 172 valence electrons. The van der Waals surface area contributed by atoms with Gasteiger partial charge in [0, 0.05) is 25.1 Å². The molecule has 0 bridgehead atoms. The molecule has 0 saturated carbocycles. The third-order valence-electron chi connectivity index (χ3n) is 5.18. The molecule has 2 N–H and O–H groups in total. The molecule has 4 aromatic rings. The summed E-state index contributed by atoms with van der Waals surface area (Å²) in [4.78, 5) is 25.5. The molecule has 8 heteroatoms. The zero-order chi connectivity index (χ0) is 24.1. The molecule has 0 atom stereocenters. The standard InChI is InChI=1S/C26H24FN5O2/c1-16(2)17-9-11-18(12-10-17)31-24(33)20-6-4-8-22(23(20)27)34-25-19(7-5-14-29-25)21-13-15-30-26(28-3)32-21/h4-16H,1-3H3,(H,31,33)(H,28,30,32). The van der Waals surface area contributed by atoms with Crippen LogP contribution in [0.5, 0.6) is 11.6 Å². The van der Waals surface area contributed by atoms with Crippen molar-refractivity contribution in [3.63, 3.8) is 0 Å². The Balaban J connectivity index is 1.59. The molecule has 2 heterocycles. The van der Waals surface area contributed by atoms with Crippen molar-refractivity contribution >= 4 is 17.5 Å². The van der Waals surface area contributed by atoms with Crippen LogP contribution >= 0.6 is 0 Å². The minimum Gasteiger partial charge on any atom is -0.435 e. The van der Waals surface area contributed by atoms with Crippen molar-refractivity contribution in [2.45, 2.75) is 19.8 Å². The number of halogens is 1. The second-order valence-electron chi connectivity index (χ2n) is 7.82. The van der Waals surface area contributed by atoms with Gasteiger partial charge in [-0.05, 0) is 53.9 Å². The summed E-state index contributed by atoms with van der Waals surface area (Å²) >= 11 is 0. The highest BCUT2D eigenvalue weighted by Crippen LogP contribution is 2.32. The molecular weight excluding hydrogens is 433 g/mol. The predicted molar refractivity (Wildman–Crippen MR) is 130 cm³/mol. The number of rotatable bonds is 7. The Hall–Kier alpha value is -4.33. The molecule has 7 nitrogen and oxygen atoms in total. The zero-order valence-corrected chi connectivity index (χ0v) is 19.0.